The first kappa shape index (κ1) is 13.1. The fraction of sp³-hybridized carbons (Fsp3) is 0.0909. The number of hydrogen-bond donors (Lipinski definition) is 1. The number of nitrogens with zero attached hydrogens (tertiary/aromatic N) is 1. The van der Waals surface area contributed by atoms with E-state index >= 15 is 0 Å². The van der Waals surface area contributed by atoms with Crippen molar-refractivity contribution in [3.05, 3.63) is 55.4 Å². The zero-order chi connectivity index (χ0) is 13.1. The summed E-state index contributed by atoms with van der Waals surface area (Å²) in [5, 5.41) is 16.5. The third-order valence-electron chi connectivity index (χ3n) is 2.24. The van der Waals surface area contributed by atoms with Crippen LogP contribution in [-0.2, 0) is 6.54 Å². The highest BCUT2D eigenvalue weighted by Gasteiger charge is 2.09. The van der Waals surface area contributed by atoms with Gasteiger partial charge in [0.05, 0.1) is 15.0 Å². The SMILES string of the molecule is O=[N+]([O-])c1cc(CNc2ccc(Cl)c(Cl)c2)cs1. The zero-order valence-electron chi connectivity index (χ0n) is 9.02. The molecule has 0 aliphatic heterocycles. The van der Waals surface area contributed by atoms with Crippen molar-refractivity contribution in [2.45, 2.75) is 6.54 Å². The van der Waals surface area contributed by atoms with E-state index in [1.807, 2.05) is 0 Å². The standard InChI is InChI=1S/C11H8Cl2N2O2S/c12-9-2-1-8(4-10(9)13)14-5-7-3-11(15(16)17)18-6-7/h1-4,6,14H,5H2. The van der Waals surface area contributed by atoms with Crippen molar-refractivity contribution in [3.63, 3.8) is 0 Å². The Morgan fingerprint density at radius 2 is 2.06 bits per heavy atom. The van der Waals surface area contributed by atoms with Gasteiger partial charge >= 0.3 is 5.00 Å². The van der Waals surface area contributed by atoms with Gasteiger partial charge in [0, 0.05) is 23.7 Å². The molecule has 1 N–H and O–H groups in total. The van der Waals surface area contributed by atoms with E-state index < -0.39 is 4.92 Å². The Bertz CT molecular complexity index is 586. The number of halogens is 2. The van der Waals surface area contributed by atoms with Crippen LogP contribution in [0.1, 0.15) is 5.56 Å². The van der Waals surface area contributed by atoms with E-state index in [2.05, 4.69) is 5.32 Å². The predicted molar refractivity (Wildman–Crippen MR) is 74.8 cm³/mol. The molecule has 0 radical (unpaired) electrons. The molecule has 0 unspecified atom stereocenters. The van der Waals surface area contributed by atoms with Crippen LogP contribution in [0, 0.1) is 10.1 Å². The summed E-state index contributed by atoms with van der Waals surface area (Å²) in [4.78, 5) is 10.1. The number of anilines is 1. The molecule has 0 bridgehead atoms. The highest BCUT2D eigenvalue weighted by Crippen LogP contribution is 2.26. The predicted octanol–water partition coefficient (Wildman–Crippen LogP) is 4.58. The third kappa shape index (κ3) is 3.13. The Kier molecular flexibility index (Phi) is 4.06. The second-order valence-electron chi connectivity index (χ2n) is 3.53. The molecule has 94 valence electrons. The summed E-state index contributed by atoms with van der Waals surface area (Å²) in [6, 6.07) is 6.76. The average Bonchev–Trinajstić information content (AvgIpc) is 2.79. The van der Waals surface area contributed by atoms with E-state index in [0.717, 1.165) is 22.6 Å². The average molecular weight is 303 g/mol. The molecule has 4 nitrogen and oxygen atoms in total. The summed E-state index contributed by atoms with van der Waals surface area (Å²) < 4.78 is 0. The van der Waals surface area contributed by atoms with Crippen molar-refractivity contribution < 1.29 is 4.92 Å². The van der Waals surface area contributed by atoms with Crippen LogP contribution in [0.25, 0.3) is 0 Å². The maximum atomic E-state index is 10.5. The van der Waals surface area contributed by atoms with Gasteiger partial charge in [-0.1, -0.05) is 34.5 Å². The number of nitro groups is 1. The van der Waals surface area contributed by atoms with Crippen molar-refractivity contribution >= 4 is 45.2 Å². The zero-order valence-corrected chi connectivity index (χ0v) is 11.4. The second-order valence-corrected chi connectivity index (χ2v) is 5.24. The van der Waals surface area contributed by atoms with E-state index in [0.29, 0.717) is 16.6 Å². The first-order valence-electron chi connectivity index (χ1n) is 4.97. The van der Waals surface area contributed by atoms with Crippen LogP contribution in [0.5, 0.6) is 0 Å². The van der Waals surface area contributed by atoms with E-state index in [1.54, 1.807) is 29.6 Å². The van der Waals surface area contributed by atoms with Crippen molar-refractivity contribution in [1.29, 1.82) is 0 Å². The summed E-state index contributed by atoms with van der Waals surface area (Å²) >= 11 is 12.8. The molecule has 0 saturated carbocycles. The summed E-state index contributed by atoms with van der Waals surface area (Å²) in [7, 11) is 0. The summed E-state index contributed by atoms with van der Waals surface area (Å²) in [5.41, 5.74) is 1.68. The Labute approximate surface area is 117 Å². The molecular formula is C11H8Cl2N2O2S. The number of thiophene rings is 1. The highest BCUT2D eigenvalue weighted by molar-refractivity contribution is 7.13. The molecule has 7 heteroatoms. The monoisotopic (exact) mass is 302 g/mol. The molecule has 0 amide bonds. The molecular weight excluding hydrogens is 295 g/mol. The van der Waals surface area contributed by atoms with Crippen molar-refractivity contribution in [3.8, 4) is 0 Å². The number of hydrogen-bond acceptors (Lipinski definition) is 4. The van der Waals surface area contributed by atoms with Gasteiger partial charge in [-0.25, -0.2) is 0 Å². The molecule has 0 saturated heterocycles. The minimum absolute atomic E-state index is 0.140. The minimum atomic E-state index is -0.396. The van der Waals surface area contributed by atoms with E-state index in [1.165, 1.54) is 0 Å². The van der Waals surface area contributed by atoms with Crippen molar-refractivity contribution in [2.24, 2.45) is 0 Å². The van der Waals surface area contributed by atoms with Crippen molar-refractivity contribution in [1.82, 2.24) is 0 Å². The van der Waals surface area contributed by atoms with Crippen LogP contribution >= 0.6 is 34.5 Å². The quantitative estimate of drug-likeness (QED) is 0.664. The van der Waals surface area contributed by atoms with Crippen LogP contribution < -0.4 is 5.32 Å². The van der Waals surface area contributed by atoms with Crippen LogP contribution in [0.3, 0.4) is 0 Å². The fourth-order valence-electron chi connectivity index (χ4n) is 1.36. The Morgan fingerprint density at radius 1 is 1.28 bits per heavy atom. The van der Waals surface area contributed by atoms with Gasteiger partial charge in [-0.05, 0) is 23.8 Å². The molecule has 0 spiro atoms. The summed E-state index contributed by atoms with van der Waals surface area (Å²) in [6.07, 6.45) is 0. The first-order chi connectivity index (χ1) is 8.56. The molecule has 2 rings (SSSR count). The van der Waals surface area contributed by atoms with Crippen LogP contribution in [0.4, 0.5) is 10.7 Å². The maximum absolute atomic E-state index is 10.5. The normalized spacial score (nSPS) is 10.3. The molecule has 0 aliphatic rings. The molecule has 0 aliphatic carbocycles. The lowest BCUT2D eigenvalue weighted by Crippen LogP contribution is -1.97. The van der Waals surface area contributed by atoms with Crippen LogP contribution in [0.2, 0.25) is 10.0 Å². The van der Waals surface area contributed by atoms with Gasteiger partial charge in [-0.3, -0.25) is 10.1 Å². The largest absolute Gasteiger partial charge is 0.381 e. The van der Waals surface area contributed by atoms with Crippen LogP contribution in [0.15, 0.2) is 29.6 Å². The first-order valence-corrected chi connectivity index (χ1v) is 6.60. The van der Waals surface area contributed by atoms with Gasteiger partial charge < -0.3 is 5.32 Å². The van der Waals surface area contributed by atoms with E-state index in [9.17, 15) is 10.1 Å². The lowest BCUT2D eigenvalue weighted by Gasteiger charge is -2.05. The number of rotatable bonds is 4. The summed E-state index contributed by atoms with van der Waals surface area (Å²) in [5.74, 6) is 0. The topological polar surface area (TPSA) is 55.2 Å². The van der Waals surface area contributed by atoms with Gasteiger partial charge in [-0.2, -0.15) is 0 Å². The highest BCUT2D eigenvalue weighted by atomic mass is 35.5. The number of nitrogens with one attached hydrogen (secondary N) is 1. The summed E-state index contributed by atoms with van der Waals surface area (Å²) in [6.45, 7) is 0.502. The Hall–Kier alpha value is -1.30. The van der Waals surface area contributed by atoms with Crippen molar-refractivity contribution in [2.75, 3.05) is 5.32 Å². The van der Waals surface area contributed by atoms with E-state index in [-0.39, 0.29) is 5.00 Å². The van der Waals surface area contributed by atoms with Gasteiger partial charge in [0.25, 0.3) is 0 Å². The molecule has 0 atom stereocenters. The minimum Gasteiger partial charge on any atom is -0.381 e. The molecule has 1 aromatic carbocycles. The lowest BCUT2D eigenvalue weighted by molar-refractivity contribution is -0.380. The maximum Gasteiger partial charge on any atom is 0.324 e. The van der Waals surface area contributed by atoms with Gasteiger partial charge in [0.2, 0.25) is 0 Å². The van der Waals surface area contributed by atoms with E-state index in [4.69, 9.17) is 23.2 Å². The Balaban J connectivity index is 2.02. The second kappa shape index (κ2) is 5.56. The molecule has 0 fully saturated rings. The molecule has 1 aromatic heterocycles. The third-order valence-corrected chi connectivity index (χ3v) is 3.90. The van der Waals surface area contributed by atoms with Gasteiger partial charge in [-0.15, -0.1) is 0 Å². The van der Waals surface area contributed by atoms with Gasteiger partial charge in [0.1, 0.15) is 0 Å². The Morgan fingerprint density at radius 3 is 2.67 bits per heavy atom. The van der Waals surface area contributed by atoms with Gasteiger partial charge in [0.15, 0.2) is 0 Å². The molecule has 1 heterocycles. The molecule has 18 heavy (non-hydrogen) atoms. The van der Waals surface area contributed by atoms with Crippen LogP contribution in [-0.4, -0.2) is 4.92 Å². The smallest absolute Gasteiger partial charge is 0.324 e. The fourth-order valence-corrected chi connectivity index (χ4v) is 2.39. The molecule has 2 aromatic rings. The lowest BCUT2D eigenvalue weighted by atomic mass is 10.3. The number of benzene rings is 1.